The van der Waals surface area contributed by atoms with Gasteiger partial charge in [-0.25, -0.2) is 0 Å². The molecule has 13 N–H and O–H groups in total. The number of fused-ring (bicyclic) bond motifs is 2. The molecule has 3 aliphatic rings. The molecule has 2 fully saturated rings. The fourth-order valence-electron chi connectivity index (χ4n) is 11.2. The standard InChI is InChI=1S/C67H96N4O18/c1-42-20-16-14-12-10-8-6-7-9-11-13-15-17-22-55(87-66-63(83)61(68)62(82)44(3)86-66)39-58-60(65(84)71(5)31-29-47-21-18-19-30-70-47)57(80)41-67(85,89-58)40-54(78)36-52(76)34-50(74)32-49(73)33-51(75)35-53(77)38-59(81)88-64(42)43(2)23-28-48(72)37-56(79)45-24-26-46(69-4)27-25-45/h6-22,24-27,30,42-44,48-50,52-55,57-58,60-64,66,69,72-74,76-78,80,82-83,85H,23,28-29,31-41,68H2,1-5H3/b7-6+,10-8+,11-9+,14-12+,15-13+,20-16+,22-17+/t42?,43?,44-,48?,49?,50?,52?,53?,54?,55?,57?,58?,60?,61+,62-,63+,64?,66+,67?/m1/s1. The summed E-state index contributed by atoms with van der Waals surface area (Å²) in [5.74, 6) is -6.47. The number of nitrogens with zero attached hydrogens (tertiary/aromatic N) is 2. The van der Waals surface area contributed by atoms with Crippen molar-refractivity contribution in [1.82, 2.24) is 9.88 Å². The molecule has 2 bridgehead atoms. The van der Waals surface area contributed by atoms with E-state index in [1.165, 1.54) is 4.90 Å². The van der Waals surface area contributed by atoms with Gasteiger partial charge in [0.25, 0.3) is 0 Å². The zero-order chi connectivity index (χ0) is 65.2. The second-order valence-corrected chi connectivity index (χ2v) is 23.9. The number of rotatable bonds is 14. The van der Waals surface area contributed by atoms with Crippen LogP contribution in [0.25, 0.3) is 0 Å². The van der Waals surface area contributed by atoms with Crippen molar-refractivity contribution in [3.8, 4) is 0 Å². The minimum atomic E-state index is -2.30. The van der Waals surface area contributed by atoms with Crippen LogP contribution in [0, 0.1) is 17.8 Å². The van der Waals surface area contributed by atoms with Crippen LogP contribution in [0.5, 0.6) is 0 Å². The van der Waals surface area contributed by atoms with Gasteiger partial charge in [0, 0.05) is 94.6 Å². The lowest BCUT2D eigenvalue weighted by molar-refractivity contribution is -0.307. The lowest BCUT2D eigenvalue weighted by Crippen LogP contribution is -2.62. The summed E-state index contributed by atoms with van der Waals surface area (Å²) in [6, 6.07) is 11.2. The van der Waals surface area contributed by atoms with Crippen LogP contribution < -0.4 is 11.1 Å². The number of pyridine rings is 1. The maximum atomic E-state index is 14.4. The monoisotopic (exact) mass is 1240 g/mol. The van der Waals surface area contributed by atoms with Crippen molar-refractivity contribution in [3.63, 3.8) is 0 Å². The highest BCUT2D eigenvalue weighted by molar-refractivity contribution is 5.96. The van der Waals surface area contributed by atoms with Gasteiger partial charge in [-0.05, 0) is 81.3 Å². The Morgan fingerprint density at radius 3 is 1.97 bits per heavy atom. The number of amides is 1. The van der Waals surface area contributed by atoms with Gasteiger partial charge in [-0.2, -0.15) is 0 Å². The summed E-state index contributed by atoms with van der Waals surface area (Å²) in [7, 11) is 3.33. The first kappa shape index (κ1) is 73.8. The summed E-state index contributed by atoms with van der Waals surface area (Å²) in [5, 5.41) is 115. The van der Waals surface area contributed by atoms with E-state index in [0.29, 0.717) is 24.1 Å². The molecule has 0 radical (unpaired) electrons. The third-order valence-corrected chi connectivity index (χ3v) is 16.2. The van der Waals surface area contributed by atoms with E-state index in [2.05, 4.69) is 10.3 Å². The quantitative estimate of drug-likeness (QED) is 0.0946. The lowest BCUT2D eigenvalue weighted by Gasteiger charge is -2.46. The molecule has 5 rings (SSSR count). The average Bonchev–Trinajstić information content (AvgIpc) is 1.92. The summed E-state index contributed by atoms with van der Waals surface area (Å²) in [6.45, 7) is 5.47. The van der Waals surface area contributed by atoms with Crippen molar-refractivity contribution in [1.29, 1.82) is 0 Å². The number of likely N-dealkylation sites (N-methyl/N-ethyl adjacent to an activating group) is 1. The van der Waals surface area contributed by atoms with E-state index in [1.54, 1.807) is 137 Å². The number of ketones is 2. The van der Waals surface area contributed by atoms with Gasteiger partial charge in [0.15, 0.2) is 17.9 Å². The Labute approximate surface area is 522 Å². The molecule has 492 valence electrons. The molecule has 1 aromatic heterocycles. The van der Waals surface area contributed by atoms with Crippen LogP contribution in [0.1, 0.15) is 114 Å². The number of nitrogens with one attached hydrogen (secondary N) is 1. The number of aliphatic hydroxyl groups excluding tert-OH is 9. The van der Waals surface area contributed by atoms with E-state index in [1.807, 2.05) is 32.1 Å². The Morgan fingerprint density at radius 1 is 0.753 bits per heavy atom. The van der Waals surface area contributed by atoms with Crippen LogP contribution in [0.15, 0.2) is 134 Å². The minimum absolute atomic E-state index is 0.104. The summed E-state index contributed by atoms with van der Waals surface area (Å²) in [4.78, 5) is 59.6. The predicted octanol–water partition coefficient (Wildman–Crippen LogP) is 3.76. The number of hydrogen-bond acceptors (Lipinski definition) is 21. The zero-order valence-electron chi connectivity index (χ0n) is 51.7. The molecule has 22 nitrogen and oxygen atoms in total. The molecule has 0 aliphatic carbocycles. The SMILES string of the molecule is CNc1ccc(C(=O)CC(O)CCC(C)C2OC(=O)CC(O)CC(=O)CC(O)CC(O)CC(O)CC(O)CC3(O)CC(O)C(C(=O)N(C)CCc4ccccn4)C(CC(O[C@@H]4O[C@H](C)[C@@H](O)[C@H](N)[C@@H]4O)/C=C/C=C/C=C/C=C/C=C/C=C/C=C/C2C)O3)cc1. The van der Waals surface area contributed by atoms with Crippen LogP contribution in [-0.2, 0) is 39.8 Å². The maximum Gasteiger partial charge on any atom is 0.308 e. The molecule has 89 heavy (non-hydrogen) atoms. The second kappa shape index (κ2) is 37.4. The number of Topliss-reactive ketones (excluding diaryl/α,β-unsaturated/α-hetero) is 2. The molecule has 4 heterocycles. The first-order valence-electron chi connectivity index (χ1n) is 30.8. The highest BCUT2D eigenvalue weighted by atomic mass is 16.7. The van der Waals surface area contributed by atoms with Crippen LogP contribution >= 0.6 is 0 Å². The van der Waals surface area contributed by atoms with Crippen molar-refractivity contribution in [2.75, 3.05) is 26.0 Å². The number of benzene rings is 1. The number of carbonyl (C=O) groups is 4. The van der Waals surface area contributed by atoms with Gasteiger partial charge in [-0.15, -0.1) is 0 Å². The number of carbonyl (C=O) groups excluding carboxylic acids is 4. The molecule has 14 unspecified atom stereocenters. The van der Waals surface area contributed by atoms with Gasteiger partial charge in [0.05, 0.1) is 85.5 Å². The zero-order valence-corrected chi connectivity index (χ0v) is 51.7. The van der Waals surface area contributed by atoms with E-state index in [-0.39, 0.29) is 56.3 Å². The van der Waals surface area contributed by atoms with E-state index in [0.717, 1.165) is 5.69 Å². The van der Waals surface area contributed by atoms with Gasteiger partial charge < -0.3 is 86.0 Å². The largest absolute Gasteiger partial charge is 0.461 e. The van der Waals surface area contributed by atoms with Crippen molar-refractivity contribution >= 4 is 29.1 Å². The summed E-state index contributed by atoms with van der Waals surface area (Å²) < 4.78 is 24.5. The molecule has 22 heteroatoms. The number of cyclic esters (lactones) is 1. The highest BCUT2D eigenvalue weighted by Gasteiger charge is 2.51. The normalized spacial score (nSPS) is 35.3. The molecule has 19 atom stereocenters. The number of esters is 1. The molecular formula is C67H96N4O18. The summed E-state index contributed by atoms with van der Waals surface area (Å²) >= 11 is 0. The average molecular weight is 1250 g/mol. The van der Waals surface area contributed by atoms with Crippen molar-refractivity contribution in [2.45, 2.75) is 202 Å². The van der Waals surface area contributed by atoms with Gasteiger partial charge >= 0.3 is 5.97 Å². The molecule has 1 aromatic carbocycles. The number of aromatic nitrogens is 1. The summed E-state index contributed by atoms with van der Waals surface area (Å²) in [6.07, 6.45) is 5.08. The van der Waals surface area contributed by atoms with E-state index < -0.39 is 160 Å². The number of ether oxygens (including phenoxy) is 4. The Hall–Kier alpha value is -5.93. The Kier molecular flexibility index (Phi) is 31.0. The van der Waals surface area contributed by atoms with Gasteiger partial charge in [0.1, 0.15) is 18.0 Å². The smallest absolute Gasteiger partial charge is 0.308 e. The van der Waals surface area contributed by atoms with Crippen LogP contribution in [-0.4, -0.2) is 203 Å². The first-order chi connectivity index (χ1) is 42.3. The van der Waals surface area contributed by atoms with Gasteiger partial charge in [0.2, 0.25) is 5.91 Å². The third-order valence-electron chi connectivity index (χ3n) is 16.2. The molecule has 2 aromatic rings. The van der Waals surface area contributed by atoms with Gasteiger partial charge in [-0.3, -0.25) is 24.2 Å². The fourth-order valence-corrected chi connectivity index (χ4v) is 11.2. The van der Waals surface area contributed by atoms with E-state index >= 15 is 0 Å². The minimum Gasteiger partial charge on any atom is -0.461 e. The van der Waals surface area contributed by atoms with E-state index in [9.17, 15) is 70.2 Å². The number of aliphatic hydroxyl groups is 10. The molecule has 0 saturated carbocycles. The van der Waals surface area contributed by atoms with Crippen LogP contribution in [0.3, 0.4) is 0 Å². The molecule has 0 spiro atoms. The molecule has 3 aliphatic heterocycles. The van der Waals surface area contributed by atoms with E-state index in [4.69, 9.17) is 24.7 Å². The Balaban J connectivity index is 1.37. The number of anilines is 1. The molecular weight excluding hydrogens is 1150 g/mol. The Bertz CT molecular complexity index is 2700. The first-order valence-corrected chi connectivity index (χ1v) is 30.8. The molecule has 2 saturated heterocycles. The van der Waals surface area contributed by atoms with Crippen molar-refractivity contribution in [3.05, 3.63) is 145 Å². The van der Waals surface area contributed by atoms with Crippen molar-refractivity contribution in [2.24, 2.45) is 23.5 Å². The van der Waals surface area contributed by atoms with Crippen molar-refractivity contribution < 1.29 is 89.2 Å². The fraction of sp³-hybridized carbons (Fsp3) is 0.567. The number of nitrogens with two attached hydrogens (primary N) is 1. The van der Waals surface area contributed by atoms with Crippen LogP contribution in [0.4, 0.5) is 5.69 Å². The van der Waals surface area contributed by atoms with Gasteiger partial charge in [-0.1, -0.05) is 105 Å². The lowest BCUT2D eigenvalue weighted by atomic mass is 9.81. The number of allylic oxidation sites excluding steroid dienone is 12. The maximum absolute atomic E-state index is 14.4. The highest BCUT2D eigenvalue weighted by Crippen LogP contribution is 2.39. The molecule has 1 amide bonds. The Morgan fingerprint density at radius 2 is 1.35 bits per heavy atom. The predicted molar refractivity (Wildman–Crippen MR) is 333 cm³/mol. The third kappa shape index (κ3) is 25.3. The topological polar surface area (TPSA) is 362 Å². The van der Waals surface area contributed by atoms with Crippen LogP contribution in [0.2, 0.25) is 0 Å². The number of hydrogen-bond donors (Lipinski definition) is 12. The summed E-state index contributed by atoms with van der Waals surface area (Å²) in [5.41, 5.74) is 8.20. The second-order valence-electron chi connectivity index (χ2n) is 23.9.